The summed E-state index contributed by atoms with van der Waals surface area (Å²) in [4.78, 5) is 24.1. The Morgan fingerprint density at radius 3 is 1.18 bits per heavy atom. The van der Waals surface area contributed by atoms with Gasteiger partial charge in [0, 0.05) is 12.8 Å². The van der Waals surface area contributed by atoms with Gasteiger partial charge in [0.15, 0.2) is 6.10 Å². The molecule has 0 saturated carbocycles. The largest absolute Gasteiger partial charge is 0.462 e. The second-order valence-corrected chi connectivity index (χ2v) is 12.9. The quantitative estimate of drug-likeness (QED) is 0.0689. The Labute approximate surface area is 248 Å². The highest BCUT2D eigenvalue weighted by Crippen LogP contribution is 2.15. The third-order valence-electron chi connectivity index (χ3n) is 7.76. The first-order valence-electron chi connectivity index (χ1n) is 17.3. The molecule has 0 saturated heterocycles. The minimum Gasteiger partial charge on any atom is -0.462 e. The lowest BCUT2D eigenvalue weighted by Gasteiger charge is -2.15. The van der Waals surface area contributed by atoms with Gasteiger partial charge in [-0.2, -0.15) is 0 Å². The number of ether oxygens (including phenoxy) is 2. The van der Waals surface area contributed by atoms with Gasteiger partial charge in [0.1, 0.15) is 6.61 Å². The van der Waals surface area contributed by atoms with Crippen LogP contribution in [0.1, 0.15) is 182 Å². The van der Waals surface area contributed by atoms with Gasteiger partial charge in [-0.3, -0.25) is 9.59 Å². The molecule has 1 N–H and O–H groups in total. The van der Waals surface area contributed by atoms with Crippen LogP contribution in [0.4, 0.5) is 0 Å². The maximum absolute atomic E-state index is 12.0. The molecule has 0 radical (unpaired) electrons. The van der Waals surface area contributed by atoms with Crippen molar-refractivity contribution in [3.8, 4) is 0 Å². The Morgan fingerprint density at radius 2 is 0.825 bits per heavy atom. The molecule has 238 valence electrons. The number of carbonyl (C=O) groups is 2. The van der Waals surface area contributed by atoms with Crippen molar-refractivity contribution in [1.29, 1.82) is 0 Å². The molecule has 0 rings (SSSR count). The predicted molar refractivity (Wildman–Crippen MR) is 168 cm³/mol. The van der Waals surface area contributed by atoms with Crippen molar-refractivity contribution in [3.05, 3.63) is 0 Å². The summed E-state index contributed by atoms with van der Waals surface area (Å²) in [6, 6.07) is 0. The van der Waals surface area contributed by atoms with Crippen molar-refractivity contribution >= 4 is 11.9 Å². The van der Waals surface area contributed by atoms with Gasteiger partial charge in [-0.1, -0.05) is 156 Å². The standard InChI is InChI=1S/C35H68O5/c1-31(2)25-21-17-13-11-9-7-5-6-8-10-12-14-19-23-27-34(37)39-30-33(29-36)40-35(38)28-24-20-16-15-18-22-26-32(3)4/h31-33,36H,5-30H2,1-4H3/t33-/m0/s1. The summed E-state index contributed by atoms with van der Waals surface area (Å²) in [5, 5.41) is 9.48. The topological polar surface area (TPSA) is 72.8 Å². The van der Waals surface area contributed by atoms with Gasteiger partial charge in [0.05, 0.1) is 6.61 Å². The van der Waals surface area contributed by atoms with E-state index in [1.807, 2.05) is 0 Å². The summed E-state index contributed by atoms with van der Waals surface area (Å²) < 4.78 is 10.5. The van der Waals surface area contributed by atoms with Gasteiger partial charge in [-0.15, -0.1) is 0 Å². The highest BCUT2D eigenvalue weighted by atomic mass is 16.6. The smallest absolute Gasteiger partial charge is 0.306 e. The number of aliphatic hydroxyl groups is 1. The molecule has 40 heavy (non-hydrogen) atoms. The molecule has 0 amide bonds. The van der Waals surface area contributed by atoms with Crippen molar-refractivity contribution in [2.45, 2.75) is 188 Å². The molecule has 0 fully saturated rings. The highest BCUT2D eigenvalue weighted by molar-refractivity contribution is 5.70. The number of unbranched alkanes of at least 4 members (excludes halogenated alkanes) is 18. The van der Waals surface area contributed by atoms with Gasteiger partial charge in [0.25, 0.3) is 0 Å². The second kappa shape index (κ2) is 29.4. The summed E-state index contributed by atoms with van der Waals surface area (Å²) in [6.07, 6.45) is 27.5. The first kappa shape index (κ1) is 38.9. The molecule has 0 aromatic heterocycles. The van der Waals surface area contributed by atoms with E-state index in [2.05, 4.69) is 27.7 Å². The van der Waals surface area contributed by atoms with E-state index in [-0.39, 0.29) is 25.2 Å². The van der Waals surface area contributed by atoms with Crippen LogP contribution in [0, 0.1) is 11.8 Å². The van der Waals surface area contributed by atoms with Crippen LogP contribution in [0.5, 0.6) is 0 Å². The van der Waals surface area contributed by atoms with E-state index in [9.17, 15) is 14.7 Å². The highest BCUT2D eigenvalue weighted by Gasteiger charge is 2.16. The lowest BCUT2D eigenvalue weighted by Crippen LogP contribution is -2.28. The van der Waals surface area contributed by atoms with Crippen LogP contribution in [-0.4, -0.2) is 36.4 Å². The number of esters is 2. The number of carbonyl (C=O) groups excluding carboxylic acids is 2. The molecular weight excluding hydrogens is 500 g/mol. The van der Waals surface area contributed by atoms with Gasteiger partial charge in [-0.05, 0) is 24.7 Å². The van der Waals surface area contributed by atoms with Crippen LogP contribution in [0.15, 0.2) is 0 Å². The molecule has 0 aliphatic carbocycles. The summed E-state index contributed by atoms with van der Waals surface area (Å²) in [7, 11) is 0. The first-order chi connectivity index (χ1) is 19.3. The van der Waals surface area contributed by atoms with Gasteiger partial charge >= 0.3 is 11.9 Å². The molecule has 0 aromatic rings. The fraction of sp³-hybridized carbons (Fsp3) is 0.943. The second-order valence-electron chi connectivity index (χ2n) is 12.9. The van der Waals surface area contributed by atoms with Crippen molar-refractivity contribution < 1.29 is 24.2 Å². The molecule has 5 nitrogen and oxygen atoms in total. The van der Waals surface area contributed by atoms with Crippen LogP contribution >= 0.6 is 0 Å². The first-order valence-corrected chi connectivity index (χ1v) is 17.3. The monoisotopic (exact) mass is 569 g/mol. The third-order valence-corrected chi connectivity index (χ3v) is 7.76. The number of hydrogen-bond acceptors (Lipinski definition) is 5. The van der Waals surface area contributed by atoms with Crippen molar-refractivity contribution in [1.82, 2.24) is 0 Å². The maximum Gasteiger partial charge on any atom is 0.306 e. The maximum atomic E-state index is 12.0. The molecule has 1 atom stereocenters. The fourth-order valence-electron chi connectivity index (χ4n) is 5.10. The predicted octanol–water partition coefficient (Wildman–Crippen LogP) is 10.1. The normalized spacial score (nSPS) is 12.3. The zero-order valence-corrected chi connectivity index (χ0v) is 27.2. The van der Waals surface area contributed by atoms with E-state index in [4.69, 9.17) is 9.47 Å². The fourth-order valence-corrected chi connectivity index (χ4v) is 5.10. The molecule has 0 unspecified atom stereocenters. The molecule has 0 aliphatic heterocycles. The molecule has 5 heteroatoms. The Hall–Kier alpha value is -1.10. The minimum absolute atomic E-state index is 0.0605. The Balaban J connectivity index is 3.51. The third kappa shape index (κ3) is 29.9. The number of aliphatic hydroxyl groups excluding tert-OH is 1. The van der Waals surface area contributed by atoms with Crippen LogP contribution < -0.4 is 0 Å². The number of rotatable bonds is 30. The van der Waals surface area contributed by atoms with E-state index in [1.165, 1.54) is 109 Å². The summed E-state index contributed by atoms with van der Waals surface area (Å²) in [6.45, 7) is 8.76. The van der Waals surface area contributed by atoms with Gasteiger partial charge in [0.2, 0.25) is 0 Å². The Kier molecular flexibility index (Phi) is 28.6. The molecule has 0 heterocycles. The molecule has 0 aromatic carbocycles. The van der Waals surface area contributed by atoms with E-state index < -0.39 is 6.10 Å². The van der Waals surface area contributed by atoms with Crippen LogP contribution in [0.3, 0.4) is 0 Å². The average Bonchev–Trinajstić information content (AvgIpc) is 2.91. The Morgan fingerprint density at radius 1 is 0.500 bits per heavy atom. The zero-order chi connectivity index (χ0) is 29.7. The Bertz CT molecular complexity index is 560. The van der Waals surface area contributed by atoms with Crippen LogP contribution in [-0.2, 0) is 19.1 Å². The summed E-state index contributed by atoms with van der Waals surface area (Å²) in [5.74, 6) is 1.04. The minimum atomic E-state index is -0.762. The zero-order valence-electron chi connectivity index (χ0n) is 27.2. The van der Waals surface area contributed by atoms with Crippen LogP contribution in [0.25, 0.3) is 0 Å². The number of hydrogen-bond donors (Lipinski definition) is 1. The summed E-state index contributed by atoms with van der Waals surface area (Å²) in [5.41, 5.74) is 0. The van der Waals surface area contributed by atoms with Gasteiger partial charge < -0.3 is 14.6 Å². The van der Waals surface area contributed by atoms with E-state index in [0.29, 0.717) is 12.8 Å². The van der Waals surface area contributed by atoms with E-state index >= 15 is 0 Å². The van der Waals surface area contributed by atoms with Crippen molar-refractivity contribution in [2.75, 3.05) is 13.2 Å². The lowest BCUT2D eigenvalue weighted by atomic mass is 10.0. The molecule has 0 aliphatic rings. The molecule has 0 bridgehead atoms. The SMILES string of the molecule is CC(C)CCCCCCCCCCCCCCCCC(=O)OC[C@H](CO)OC(=O)CCCCCCCCC(C)C. The lowest BCUT2D eigenvalue weighted by molar-refractivity contribution is -0.161. The van der Waals surface area contributed by atoms with Crippen molar-refractivity contribution in [3.63, 3.8) is 0 Å². The van der Waals surface area contributed by atoms with Crippen molar-refractivity contribution in [2.24, 2.45) is 11.8 Å². The van der Waals surface area contributed by atoms with E-state index in [0.717, 1.165) is 43.9 Å². The van der Waals surface area contributed by atoms with Crippen LogP contribution in [0.2, 0.25) is 0 Å². The van der Waals surface area contributed by atoms with E-state index in [1.54, 1.807) is 0 Å². The molecular formula is C35H68O5. The van der Waals surface area contributed by atoms with Gasteiger partial charge in [-0.25, -0.2) is 0 Å². The summed E-state index contributed by atoms with van der Waals surface area (Å²) >= 11 is 0. The molecule has 0 spiro atoms. The average molecular weight is 569 g/mol.